The van der Waals surface area contributed by atoms with Gasteiger partial charge in [0.2, 0.25) is 11.4 Å². The van der Waals surface area contributed by atoms with Crippen LogP contribution < -0.4 is 4.74 Å². The Labute approximate surface area is 179 Å². The van der Waals surface area contributed by atoms with Crippen LogP contribution in [0.2, 0.25) is 0 Å². The Morgan fingerprint density at radius 3 is 2.45 bits per heavy atom. The second-order valence-corrected chi connectivity index (χ2v) is 8.07. The van der Waals surface area contributed by atoms with Crippen LogP contribution in [-0.2, 0) is 25.5 Å². The van der Waals surface area contributed by atoms with Crippen LogP contribution in [0.3, 0.4) is 0 Å². The van der Waals surface area contributed by atoms with Crippen molar-refractivity contribution in [2.24, 2.45) is 0 Å². The maximum atomic E-state index is 12.9. The topological polar surface area (TPSA) is 102 Å². The molecule has 0 aromatic heterocycles. The standard InChI is InChI=1S/C24H22O7/c1-23(2)11-10-16-12-14(4-9-18(16)30-23)13-24(22(28)29-3)19(20(26)21(27)31-24)15-5-7-17(25)8-6-15/h4-12,25-26H,13H2,1-3H3/t24-/m1/s1. The van der Waals surface area contributed by atoms with Crippen molar-refractivity contribution in [1.29, 1.82) is 0 Å². The van der Waals surface area contributed by atoms with E-state index in [0.29, 0.717) is 16.9 Å². The van der Waals surface area contributed by atoms with E-state index in [1.165, 1.54) is 31.4 Å². The van der Waals surface area contributed by atoms with E-state index < -0.39 is 28.9 Å². The van der Waals surface area contributed by atoms with Gasteiger partial charge in [0.1, 0.15) is 17.1 Å². The number of aliphatic hydroxyl groups is 1. The summed E-state index contributed by atoms with van der Waals surface area (Å²) in [6.07, 6.45) is 3.80. The normalized spacial score (nSPS) is 21.3. The third-order valence-electron chi connectivity index (χ3n) is 5.34. The fraction of sp³-hybridized carbons (Fsp3) is 0.250. The first-order valence-electron chi connectivity index (χ1n) is 9.71. The molecule has 7 nitrogen and oxygen atoms in total. The SMILES string of the molecule is COC(=O)[C@]1(Cc2ccc3c(c2)C=CC(C)(C)O3)OC(=O)C(O)=C1c1ccc(O)cc1. The predicted molar refractivity (Wildman–Crippen MR) is 112 cm³/mol. The zero-order valence-corrected chi connectivity index (χ0v) is 17.3. The molecule has 2 aliphatic rings. The molecule has 160 valence electrons. The minimum absolute atomic E-state index is 0.00199. The third-order valence-corrected chi connectivity index (χ3v) is 5.34. The second kappa shape index (κ2) is 7.19. The van der Waals surface area contributed by atoms with Crippen molar-refractivity contribution in [2.45, 2.75) is 31.5 Å². The molecule has 0 bridgehead atoms. The van der Waals surface area contributed by atoms with Gasteiger partial charge in [0.05, 0.1) is 12.7 Å². The Bertz CT molecular complexity index is 1130. The van der Waals surface area contributed by atoms with E-state index in [1.807, 2.05) is 32.1 Å². The van der Waals surface area contributed by atoms with Crippen LogP contribution in [0.1, 0.15) is 30.5 Å². The Balaban J connectivity index is 1.80. The molecular formula is C24H22O7. The number of ether oxygens (including phenoxy) is 3. The number of methoxy groups -OCH3 is 1. The van der Waals surface area contributed by atoms with Gasteiger partial charge in [-0.25, -0.2) is 9.59 Å². The van der Waals surface area contributed by atoms with Crippen LogP contribution >= 0.6 is 0 Å². The van der Waals surface area contributed by atoms with Gasteiger partial charge >= 0.3 is 11.9 Å². The molecule has 31 heavy (non-hydrogen) atoms. The van der Waals surface area contributed by atoms with Crippen LogP contribution in [0.25, 0.3) is 11.6 Å². The summed E-state index contributed by atoms with van der Waals surface area (Å²) in [6.45, 7) is 3.89. The van der Waals surface area contributed by atoms with E-state index in [0.717, 1.165) is 5.56 Å². The lowest BCUT2D eigenvalue weighted by Gasteiger charge is -2.30. The van der Waals surface area contributed by atoms with Crippen molar-refractivity contribution in [3.8, 4) is 11.5 Å². The van der Waals surface area contributed by atoms with Crippen LogP contribution in [-0.4, -0.2) is 40.5 Å². The number of aromatic hydroxyl groups is 1. The van der Waals surface area contributed by atoms with Gasteiger partial charge in [0, 0.05) is 12.0 Å². The van der Waals surface area contributed by atoms with Crippen molar-refractivity contribution in [3.05, 3.63) is 71.0 Å². The van der Waals surface area contributed by atoms with Gasteiger partial charge in [0.15, 0.2) is 0 Å². The molecule has 0 saturated carbocycles. The van der Waals surface area contributed by atoms with Gasteiger partial charge in [-0.05, 0) is 55.3 Å². The molecule has 4 rings (SSSR count). The Morgan fingerprint density at radius 1 is 1.06 bits per heavy atom. The summed E-state index contributed by atoms with van der Waals surface area (Å²) in [4.78, 5) is 25.3. The van der Waals surface area contributed by atoms with Gasteiger partial charge in [0.25, 0.3) is 0 Å². The van der Waals surface area contributed by atoms with E-state index in [-0.39, 0.29) is 17.7 Å². The van der Waals surface area contributed by atoms with Crippen LogP contribution in [0.5, 0.6) is 11.5 Å². The highest BCUT2D eigenvalue weighted by atomic mass is 16.6. The Morgan fingerprint density at radius 2 is 1.77 bits per heavy atom. The minimum Gasteiger partial charge on any atom is -0.508 e. The fourth-order valence-electron chi connectivity index (χ4n) is 3.88. The lowest BCUT2D eigenvalue weighted by atomic mass is 9.83. The summed E-state index contributed by atoms with van der Waals surface area (Å²) >= 11 is 0. The number of hydrogen-bond acceptors (Lipinski definition) is 7. The van der Waals surface area contributed by atoms with Crippen LogP contribution in [0.4, 0.5) is 0 Å². The highest BCUT2D eigenvalue weighted by Gasteiger charge is 2.55. The third kappa shape index (κ3) is 3.52. The molecule has 7 heteroatoms. The lowest BCUT2D eigenvalue weighted by Crippen LogP contribution is -2.44. The molecule has 0 spiro atoms. The number of esters is 2. The molecule has 0 unspecified atom stereocenters. The molecule has 2 aromatic carbocycles. The lowest BCUT2D eigenvalue weighted by molar-refractivity contribution is -0.169. The zero-order valence-electron chi connectivity index (χ0n) is 17.3. The molecule has 0 radical (unpaired) electrons. The molecule has 0 amide bonds. The highest BCUT2D eigenvalue weighted by molar-refractivity contribution is 6.11. The second-order valence-electron chi connectivity index (χ2n) is 8.07. The van der Waals surface area contributed by atoms with Gasteiger partial charge in [-0.1, -0.05) is 24.3 Å². The van der Waals surface area contributed by atoms with Crippen molar-refractivity contribution < 1.29 is 34.0 Å². The average Bonchev–Trinajstić information content (AvgIpc) is 2.98. The minimum atomic E-state index is -1.88. The van der Waals surface area contributed by atoms with Crippen LogP contribution in [0.15, 0.2) is 54.3 Å². The first kappa shape index (κ1) is 20.5. The van der Waals surface area contributed by atoms with Crippen molar-refractivity contribution in [3.63, 3.8) is 0 Å². The molecule has 1 atom stereocenters. The average molecular weight is 422 g/mol. The van der Waals surface area contributed by atoms with Crippen molar-refractivity contribution in [1.82, 2.24) is 0 Å². The fourth-order valence-corrected chi connectivity index (χ4v) is 3.88. The number of cyclic esters (lactones) is 1. The number of phenols is 1. The van der Waals surface area contributed by atoms with Gasteiger partial charge in [-0.2, -0.15) is 0 Å². The zero-order chi connectivity index (χ0) is 22.4. The summed E-state index contributed by atoms with van der Waals surface area (Å²) in [5, 5.41) is 20.1. The number of hydrogen-bond donors (Lipinski definition) is 2. The molecule has 0 aliphatic carbocycles. The monoisotopic (exact) mass is 422 g/mol. The number of carbonyl (C=O) groups is 2. The number of phenolic OH excluding ortho intramolecular Hbond substituents is 1. The largest absolute Gasteiger partial charge is 0.508 e. The maximum Gasteiger partial charge on any atom is 0.375 e. The van der Waals surface area contributed by atoms with E-state index in [4.69, 9.17) is 14.2 Å². The molecule has 2 N–H and O–H groups in total. The summed E-state index contributed by atoms with van der Waals surface area (Å²) in [5.74, 6) is -1.81. The molecule has 2 aromatic rings. The molecule has 2 aliphatic heterocycles. The van der Waals surface area contributed by atoms with Gasteiger partial charge in [-0.3, -0.25) is 0 Å². The summed E-state index contributed by atoms with van der Waals surface area (Å²) in [7, 11) is 1.19. The molecular weight excluding hydrogens is 400 g/mol. The smallest absolute Gasteiger partial charge is 0.375 e. The van der Waals surface area contributed by atoms with Crippen molar-refractivity contribution in [2.75, 3.05) is 7.11 Å². The predicted octanol–water partition coefficient (Wildman–Crippen LogP) is 3.56. The number of rotatable bonds is 4. The Hall–Kier alpha value is -3.74. The number of carbonyl (C=O) groups excluding carboxylic acids is 2. The molecule has 2 heterocycles. The van der Waals surface area contributed by atoms with Gasteiger partial charge < -0.3 is 24.4 Å². The number of benzene rings is 2. The van der Waals surface area contributed by atoms with E-state index in [9.17, 15) is 19.8 Å². The maximum absolute atomic E-state index is 12.9. The number of fused-ring (bicyclic) bond motifs is 1. The van der Waals surface area contributed by atoms with E-state index in [2.05, 4.69) is 0 Å². The highest BCUT2D eigenvalue weighted by Crippen LogP contribution is 2.43. The summed E-state index contributed by atoms with van der Waals surface area (Å²) < 4.78 is 16.4. The Kier molecular flexibility index (Phi) is 4.76. The first-order chi connectivity index (χ1) is 14.6. The summed E-state index contributed by atoms with van der Waals surface area (Å²) in [6, 6.07) is 11.2. The first-order valence-corrected chi connectivity index (χ1v) is 9.71. The number of aliphatic hydroxyl groups excluding tert-OH is 1. The van der Waals surface area contributed by atoms with Crippen LogP contribution in [0, 0.1) is 0 Å². The van der Waals surface area contributed by atoms with Crippen molar-refractivity contribution >= 4 is 23.6 Å². The van der Waals surface area contributed by atoms with E-state index in [1.54, 1.807) is 12.1 Å². The quantitative estimate of drug-likeness (QED) is 0.727. The summed E-state index contributed by atoms with van der Waals surface area (Å²) in [5.41, 5.74) is -0.455. The molecule has 0 saturated heterocycles. The van der Waals surface area contributed by atoms with Gasteiger partial charge in [-0.15, -0.1) is 0 Å². The van der Waals surface area contributed by atoms with E-state index >= 15 is 0 Å². The molecule has 0 fully saturated rings.